The minimum Gasteiger partial charge on any atom is -0.491 e. The first-order chi connectivity index (χ1) is 8.60. The Morgan fingerprint density at radius 3 is 2.67 bits per heavy atom. The van der Waals surface area contributed by atoms with Gasteiger partial charge < -0.3 is 15.0 Å². The second-order valence-electron chi connectivity index (χ2n) is 5.20. The van der Waals surface area contributed by atoms with Crippen LogP contribution in [-0.2, 0) is 6.54 Å². The minimum absolute atomic E-state index is 0.210. The van der Waals surface area contributed by atoms with E-state index in [1.165, 1.54) is 10.9 Å². The monoisotopic (exact) mass is 246 g/mol. The molecule has 0 saturated heterocycles. The van der Waals surface area contributed by atoms with Crippen molar-refractivity contribution >= 4 is 10.9 Å². The normalized spacial score (nSPS) is 13.2. The van der Waals surface area contributed by atoms with Gasteiger partial charge in [-0.25, -0.2) is 0 Å². The van der Waals surface area contributed by atoms with E-state index in [0.29, 0.717) is 12.5 Å². The van der Waals surface area contributed by atoms with Crippen molar-refractivity contribution in [3.8, 4) is 5.75 Å². The van der Waals surface area contributed by atoms with Gasteiger partial charge in [0.25, 0.3) is 0 Å². The standard InChI is InChI=1S/C15H22N2O/c1-11(2)18-14-4-5-15-13(8-14)6-7-17(15)10-12(3)9-16/h4-8,11-12H,9-10,16H2,1-3H3. The summed E-state index contributed by atoms with van der Waals surface area (Å²) in [6.45, 7) is 7.93. The van der Waals surface area contributed by atoms with Gasteiger partial charge in [-0.05, 0) is 50.6 Å². The summed E-state index contributed by atoms with van der Waals surface area (Å²) in [5.74, 6) is 1.43. The first-order valence-electron chi connectivity index (χ1n) is 6.55. The molecule has 0 saturated carbocycles. The van der Waals surface area contributed by atoms with Crippen molar-refractivity contribution in [3.63, 3.8) is 0 Å². The van der Waals surface area contributed by atoms with E-state index in [1.54, 1.807) is 0 Å². The molecule has 0 aliphatic rings. The lowest BCUT2D eigenvalue weighted by molar-refractivity contribution is 0.243. The third-order valence-corrected chi connectivity index (χ3v) is 3.02. The molecule has 0 radical (unpaired) electrons. The predicted molar refractivity (Wildman–Crippen MR) is 75.9 cm³/mol. The van der Waals surface area contributed by atoms with Crippen LogP contribution < -0.4 is 10.5 Å². The number of fused-ring (bicyclic) bond motifs is 1. The lowest BCUT2D eigenvalue weighted by Crippen LogP contribution is -2.16. The van der Waals surface area contributed by atoms with Crippen LogP contribution in [0.4, 0.5) is 0 Å². The number of hydrogen-bond acceptors (Lipinski definition) is 2. The molecule has 1 heterocycles. The highest BCUT2D eigenvalue weighted by Crippen LogP contribution is 2.23. The summed E-state index contributed by atoms with van der Waals surface area (Å²) < 4.78 is 7.96. The van der Waals surface area contributed by atoms with Crippen LogP contribution in [0, 0.1) is 5.92 Å². The largest absolute Gasteiger partial charge is 0.491 e. The van der Waals surface area contributed by atoms with Crippen molar-refractivity contribution in [3.05, 3.63) is 30.5 Å². The van der Waals surface area contributed by atoms with Gasteiger partial charge in [0, 0.05) is 23.6 Å². The number of nitrogens with zero attached hydrogens (tertiary/aromatic N) is 1. The lowest BCUT2D eigenvalue weighted by atomic mass is 10.2. The van der Waals surface area contributed by atoms with Gasteiger partial charge in [0.1, 0.15) is 5.75 Å². The fraction of sp³-hybridized carbons (Fsp3) is 0.467. The van der Waals surface area contributed by atoms with Crippen molar-refractivity contribution in [1.82, 2.24) is 4.57 Å². The molecule has 3 nitrogen and oxygen atoms in total. The zero-order valence-corrected chi connectivity index (χ0v) is 11.4. The Kier molecular flexibility index (Phi) is 3.92. The molecule has 1 aromatic heterocycles. The van der Waals surface area contributed by atoms with Gasteiger partial charge in [0.05, 0.1) is 6.10 Å². The SMILES string of the molecule is CC(CN)Cn1ccc2cc(OC(C)C)ccc21. The van der Waals surface area contributed by atoms with E-state index in [0.717, 1.165) is 12.3 Å². The van der Waals surface area contributed by atoms with Gasteiger partial charge in [0.15, 0.2) is 0 Å². The highest BCUT2D eigenvalue weighted by Gasteiger charge is 2.06. The zero-order chi connectivity index (χ0) is 13.1. The van der Waals surface area contributed by atoms with Crippen LogP contribution in [0.5, 0.6) is 5.75 Å². The second-order valence-corrected chi connectivity index (χ2v) is 5.20. The summed E-state index contributed by atoms with van der Waals surface area (Å²) >= 11 is 0. The van der Waals surface area contributed by atoms with E-state index in [2.05, 4.69) is 35.9 Å². The van der Waals surface area contributed by atoms with Crippen molar-refractivity contribution in [2.75, 3.05) is 6.54 Å². The Morgan fingerprint density at radius 2 is 2.00 bits per heavy atom. The number of rotatable bonds is 5. The maximum atomic E-state index is 5.70. The fourth-order valence-corrected chi connectivity index (χ4v) is 2.09. The van der Waals surface area contributed by atoms with Crippen molar-refractivity contribution < 1.29 is 4.74 Å². The molecule has 0 aliphatic carbocycles. The Balaban J connectivity index is 2.26. The molecular weight excluding hydrogens is 224 g/mol. The third-order valence-electron chi connectivity index (χ3n) is 3.02. The van der Waals surface area contributed by atoms with Gasteiger partial charge >= 0.3 is 0 Å². The van der Waals surface area contributed by atoms with E-state index in [9.17, 15) is 0 Å². The van der Waals surface area contributed by atoms with Crippen molar-refractivity contribution in [2.24, 2.45) is 11.7 Å². The number of benzene rings is 1. The van der Waals surface area contributed by atoms with E-state index >= 15 is 0 Å². The highest BCUT2D eigenvalue weighted by molar-refractivity contribution is 5.81. The Hall–Kier alpha value is -1.48. The molecule has 2 rings (SSSR count). The van der Waals surface area contributed by atoms with E-state index in [1.807, 2.05) is 19.9 Å². The van der Waals surface area contributed by atoms with Crippen LogP contribution in [-0.4, -0.2) is 17.2 Å². The summed E-state index contributed by atoms with van der Waals surface area (Å²) in [5.41, 5.74) is 6.92. The Labute approximate surface area is 109 Å². The first-order valence-corrected chi connectivity index (χ1v) is 6.55. The maximum absolute atomic E-state index is 5.70. The minimum atomic E-state index is 0.210. The molecule has 1 aromatic carbocycles. The van der Waals surface area contributed by atoms with E-state index in [4.69, 9.17) is 10.5 Å². The molecule has 2 N–H and O–H groups in total. The average molecular weight is 246 g/mol. The van der Waals surface area contributed by atoms with E-state index in [-0.39, 0.29) is 6.10 Å². The number of nitrogens with two attached hydrogens (primary N) is 1. The molecule has 3 heteroatoms. The third kappa shape index (κ3) is 2.85. The van der Waals surface area contributed by atoms with Gasteiger partial charge in [-0.1, -0.05) is 6.92 Å². The Morgan fingerprint density at radius 1 is 1.22 bits per heavy atom. The molecule has 0 spiro atoms. The topological polar surface area (TPSA) is 40.2 Å². The van der Waals surface area contributed by atoms with E-state index < -0.39 is 0 Å². The van der Waals surface area contributed by atoms with Crippen LogP contribution in [0.3, 0.4) is 0 Å². The zero-order valence-electron chi connectivity index (χ0n) is 11.4. The number of aromatic nitrogens is 1. The van der Waals surface area contributed by atoms with Crippen molar-refractivity contribution in [2.45, 2.75) is 33.4 Å². The van der Waals surface area contributed by atoms with Crippen LogP contribution in [0.15, 0.2) is 30.5 Å². The summed E-state index contributed by atoms with van der Waals surface area (Å²) in [6.07, 6.45) is 2.33. The fourth-order valence-electron chi connectivity index (χ4n) is 2.09. The molecule has 1 unspecified atom stereocenters. The van der Waals surface area contributed by atoms with Gasteiger partial charge in [0.2, 0.25) is 0 Å². The van der Waals surface area contributed by atoms with Gasteiger partial charge in [-0.2, -0.15) is 0 Å². The Bertz CT molecular complexity index is 516. The maximum Gasteiger partial charge on any atom is 0.120 e. The molecule has 0 fully saturated rings. The van der Waals surface area contributed by atoms with Gasteiger partial charge in [-0.15, -0.1) is 0 Å². The molecule has 0 bridgehead atoms. The van der Waals surface area contributed by atoms with Crippen LogP contribution in [0.2, 0.25) is 0 Å². The highest BCUT2D eigenvalue weighted by atomic mass is 16.5. The van der Waals surface area contributed by atoms with Crippen LogP contribution >= 0.6 is 0 Å². The summed E-state index contributed by atoms with van der Waals surface area (Å²) in [6, 6.07) is 8.38. The van der Waals surface area contributed by atoms with Crippen LogP contribution in [0.1, 0.15) is 20.8 Å². The molecule has 1 atom stereocenters. The molecule has 2 aromatic rings. The molecule has 18 heavy (non-hydrogen) atoms. The summed E-state index contributed by atoms with van der Waals surface area (Å²) in [4.78, 5) is 0. The van der Waals surface area contributed by atoms with Gasteiger partial charge in [-0.3, -0.25) is 0 Å². The quantitative estimate of drug-likeness (QED) is 0.881. The number of hydrogen-bond donors (Lipinski definition) is 1. The summed E-state index contributed by atoms with van der Waals surface area (Å²) in [7, 11) is 0. The molecular formula is C15H22N2O. The molecule has 0 aliphatic heterocycles. The lowest BCUT2D eigenvalue weighted by Gasteiger charge is -2.12. The average Bonchev–Trinajstić information content (AvgIpc) is 2.71. The first kappa shape index (κ1) is 13.0. The number of ether oxygens (including phenoxy) is 1. The van der Waals surface area contributed by atoms with Crippen molar-refractivity contribution in [1.29, 1.82) is 0 Å². The second kappa shape index (κ2) is 5.44. The predicted octanol–water partition coefficient (Wildman–Crippen LogP) is 3.02. The molecule has 0 amide bonds. The van der Waals surface area contributed by atoms with Crippen LogP contribution in [0.25, 0.3) is 10.9 Å². The summed E-state index contributed by atoms with van der Waals surface area (Å²) in [5, 5.41) is 1.22. The molecule has 98 valence electrons. The smallest absolute Gasteiger partial charge is 0.120 e.